The molecule has 0 spiro atoms. The number of nitrogens with one attached hydrogen (secondary N) is 2. The number of likely N-dealkylation sites (tertiary alicyclic amines) is 1. The van der Waals surface area contributed by atoms with Crippen LogP contribution in [0.15, 0.2) is 48.5 Å². The van der Waals surface area contributed by atoms with Crippen molar-refractivity contribution < 1.29 is 24.3 Å². The van der Waals surface area contributed by atoms with Gasteiger partial charge in [-0.05, 0) is 92.4 Å². The van der Waals surface area contributed by atoms with Crippen LogP contribution in [0.1, 0.15) is 66.7 Å². The van der Waals surface area contributed by atoms with Gasteiger partial charge in [0.2, 0.25) is 11.8 Å². The van der Waals surface area contributed by atoms with E-state index in [1.165, 1.54) is 12.8 Å². The molecule has 1 aromatic heterocycles. The van der Waals surface area contributed by atoms with Crippen LogP contribution in [0, 0.1) is 17.3 Å². The van der Waals surface area contributed by atoms with E-state index in [2.05, 4.69) is 60.3 Å². The maximum atomic E-state index is 13.5. The Kier molecular flexibility index (Phi) is 9.43. The third-order valence-electron chi connectivity index (χ3n) is 13.3. The molecule has 9 rings (SSSR count). The molecule has 0 saturated carbocycles. The second-order valence-corrected chi connectivity index (χ2v) is 17.3. The number of hydrogen-bond donors (Lipinski definition) is 3. The zero-order valence-corrected chi connectivity index (χ0v) is 32.2. The lowest BCUT2D eigenvalue weighted by Crippen LogP contribution is -2.58. The van der Waals surface area contributed by atoms with Gasteiger partial charge in [0, 0.05) is 70.0 Å². The zero-order chi connectivity index (χ0) is 38.7. The van der Waals surface area contributed by atoms with Gasteiger partial charge in [0.25, 0.3) is 11.8 Å². The Labute approximate surface area is 327 Å². The second kappa shape index (κ2) is 14.5. The molecule has 4 fully saturated rings. The molecular weight excluding hydrogens is 711 g/mol. The molecule has 3 aromatic rings. The number of amides is 4. The fourth-order valence-corrected chi connectivity index (χ4v) is 9.99. The number of carbonyl (C=O) groups is 4. The first-order valence-electron chi connectivity index (χ1n) is 20.2. The van der Waals surface area contributed by atoms with E-state index in [0.717, 1.165) is 94.0 Å². The summed E-state index contributed by atoms with van der Waals surface area (Å²) in [5.74, 6) is 0.347. The van der Waals surface area contributed by atoms with E-state index in [1.54, 1.807) is 12.1 Å². The summed E-state index contributed by atoms with van der Waals surface area (Å²) in [7, 11) is 0. The molecule has 0 aliphatic carbocycles. The number of hydrogen-bond acceptors (Lipinski definition) is 12. The first-order valence-corrected chi connectivity index (χ1v) is 20.2. The van der Waals surface area contributed by atoms with Crippen molar-refractivity contribution in [2.45, 2.75) is 58.0 Å². The number of benzene rings is 2. The number of para-hydroxylation sites is 1. The SMILES string of the molecule is CC1(C)CN(c2ccc3c(c2)C(=O)N(C2CCC(=O)NC2=O)C3=O)CCC1CN1CCC(CN2CCN3c4cc(-c5ccccc5O)nnc4NC[C@H]3C2)CC1. The van der Waals surface area contributed by atoms with Gasteiger partial charge in [0.05, 0.1) is 28.6 Å². The van der Waals surface area contributed by atoms with Crippen LogP contribution in [0.3, 0.4) is 0 Å². The van der Waals surface area contributed by atoms with Crippen molar-refractivity contribution in [2.75, 3.05) is 80.6 Å². The first kappa shape index (κ1) is 36.6. The number of aromatic hydroxyl groups is 1. The Morgan fingerprint density at radius 3 is 2.41 bits per heavy atom. The smallest absolute Gasteiger partial charge is 0.262 e. The van der Waals surface area contributed by atoms with Gasteiger partial charge in [0.15, 0.2) is 5.82 Å². The van der Waals surface area contributed by atoms with Gasteiger partial charge < -0.3 is 25.1 Å². The molecule has 0 radical (unpaired) electrons. The monoisotopic (exact) mass is 761 g/mol. The van der Waals surface area contributed by atoms with E-state index in [-0.39, 0.29) is 29.9 Å². The van der Waals surface area contributed by atoms with Crippen molar-refractivity contribution in [3.05, 3.63) is 59.7 Å². The van der Waals surface area contributed by atoms with Crippen molar-refractivity contribution in [2.24, 2.45) is 17.3 Å². The van der Waals surface area contributed by atoms with Crippen LogP contribution >= 0.6 is 0 Å². The van der Waals surface area contributed by atoms with Gasteiger partial charge in [-0.1, -0.05) is 26.0 Å². The highest BCUT2D eigenvalue weighted by Crippen LogP contribution is 2.40. The molecule has 7 heterocycles. The molecular formula is C42H51N9O5. The maximum Gasteiger partial charge on any atom is 0.262 e. The number of imide groups is 2. The molecule has 4 amide bonds. The number of phenolic OH excluding ortho intramolecular Hbond substituents is 1. The average molecular weight is 762 g/mol. The molecule has 3 atom stereocenters. The molecule has 4 saturated heterocycles. The highest BCUT2D eigenvalue weighted by Gasteiger charge is 2.45. The van der Waals surface area contributed by atoms with Crippen molar-refractivity contribution in [3.8, 4) is 17.0 Å². The number of carbonyl (C=O) groups excluding carboxylic acids is 4. The molecule has 2 aromatic carbocycles. The average Bonchev–Trinajstić information content (AvgIpc) is 3.44. The van der Waals surface area contributed by atoms with Crippen molar-refractivity contribution >= 4 is 40.8 Å². The quantitative estimate of drug-likeness (QED) is 0.303. The number of piperidine rings is 3. The van der Waals surface area contributed by atoms with E-state index in [1.807, 2.05) is 30.3 Å². The van der Waals surface area contributed by atoms with E-state index in [9.17, 15) is 24.3 Å². The maximum absolute atomic E-state index is 13.5. The largest absolute Gasteiger partial charge is 0.507 e. The summed E-state index contributed by atoms with van der Waals surface area (Å²) in [6.07, 6.45) is 3.72. The summed E-state index contributed by atoms with van der Waals surface area (Å²) in [6, 6.07) is 14.2. The lowest BCUT2D eigenvalue weighted by molar-refractivity contribution is -0.136. The Balaban J connectivity index is 0.759. The predicted molar refractivity (Wildman–Crippen MR) is 212 cm³/mol. The van der Waals surface area contributed by atoms with Gasteiger partial charge in [0.1, 0.15) is 11.8 Å². The number of rotatable bonds is 7. The zero-order valence-electron chi connectivity index (χ0n) is 32.2. The second-order valence-electron chi connectivity index (χ2n) is 17.3. The Bertz CT molecular complexity index is 2070. The summed E-state index contributed by atoms with van der Waals surface area (Å²) in [6.45, 7) is 14.7. The van der Waals surface area contributed by atoms with Crippen LogP contribution in [-0.2, 0) is 9.59 Å². The van der Waals surface area contributed by atoms with Crippen LogP contribution in [0.2, 0.25) is 0 Å². The van der Waals surface area contributed by atoms with Gasteiger partial charge in [-0.15, -0.1) is 10.2 Å². The fourth-order valence-electron chi connectivity index (χ4n) is 9.99. The molecule has 0 bridgehead atoms. The summed E-state index contributed by atoms with van der Waals surface area (Å²) < 4.78 is 0. The van der Waals surface area contributed by atoms with Crippen LogP contribution in [0.25, 0.3) is 11.3 Å². The molecule has 56 heavy (non-hydrogen) atoms. The Hall–Kier alpha value is -5.08. The number of anilines is 3. The lowest BCUT2D eigenvalue weighted by Gasteiger charge is -2.48. The predicted octanol–water partition coefficient (Wildman–Crippen LogP) is 3.43. The number of nitrogens with zero attached hydrogens (tertiary/aromatic N) is 7. The summed E-state index contributed by atoms with van der Waals surface area (Å²) in [5.41, 5.74) is 4.06. The van der Waals surface area contributed by atoms with Gasteiger partial charge >= 0.3 is 0 Å². The minimum Gasteiger partial charge on any atom is -0.507 e. The minimum atomic E-state index is -0.962. The standard InChI is InChI=1S/C42H51N9O5/c1-42(2)25-49(28-7-8-30-32(19-28)41(56)51(40(30)55)34-9-10-37(53)44-39(34)54)16-13-27(42)23-47-14-11-26(12-15-47)22-48-17-18-50-29(24-48)21-43-38-35(50)20-33(45-46-38)31-5-3-4-6-36(31)52/h3-8,19-20,26-27,29,34,52H,9-18,21-25H2,1-2H3,(H,43,46)(H,44,53,54)/t27?,29-,34?/m0/s1. The van der Waals surface area contributed by atoms with E-state index in [0.29, 0.717) is 40.3 Å². The highest BCUT2D eigenvalue weighted by atomic mass is 16.3. The third-order valence-corrected chi connectivity index (χ3v) is 13.3. The van der Waals surface area contributed by atoms with Crippen LogP contribution < -0.4 is 20.4 Å². The molecule has 6 aliphatic heterocycles. The third kappa shape index (κ3) is 6.76. The summed E-state index contributed by atoms with van der Waals surface area (Å²) in [5, 5.41) is 25.1. The van der Waals surface area contributed by atoms with Crippen molar-refractivity contribution in [1.82, 2.24) is 30.2 Å². The summed E-state index contributed by atoms with van der Waals surface area (Å²) >= 11 is 0. The molecule has 294 valence electrons. The number of piperazine rings is 1. The van der Waals surface area contributed by atoms with Gasteiger partial charge in [-0.2, -0.15) is 0 Å². The minimum absolute atomic E-state index is 0.0485. The van der Waals surface area contributed by atoms with E-state index in [4.69, 9.17) is 0 Å². The Morgan fingerprint density at radius 1 is 0.821 bits per heavy atom. The van der Waals surface area contributed by atoms with Gasteiger partial charge in [-0.3, -0.25) is 34.3 Å². The molecule has 14 heteroatoms. The number of phenols is 1. The first-order chi connectivity index (χ1) is 27.0. The topological polar surface area (TPSA) is 155 Å². The van der Waals surface area contributed by atoms with Crippen molar-refractivity contribution in [3.63, 3.8) is 0 Å². The molecule has 14 nitrogen and oxygen atoms in total. The van der Waals surface area contributed by atoms with Crippen LogP contribution in [0.5, 0.6) is 5.75 Å². The fraction of sp³-hybridized carbons (Fsp3) is 0.524. The van der Waals surface area contributed by atoms with Crippen LogP contribution in [0.4, 0.5) is 17.2 Å². The molecule has 6 aliphatic rings. The number of aromatic nitrogens is 2. The molecule has 3 N–H and O–H groups in total. The van der Waals surface area contributed by atoms with Crippen molar-refractivity contribution in [1.29, 1.82) is 0 Å². The van der Waals surface area contributed by atoms with E-state index >= 15 is 0 Å². The van der Waals surface area contributed by atoms with Gasteiger partial charge in [-0.25, -0.2) is 0 Å². The van der Waals surface area contributed by atoms with E-state index < -0.39 is 23.8 Å². The normalized spacial score (nSPS) is 25.8. The summed E-state index contributed by atoms with van der Waals surface area (Å²) in [4.78, 5) is 62.0. The van der Waals surface area contributed by atoms with Crippen LogP contribution in [-0.4, -0.2) is 131 Å². The highest BCUT2D eigenvalue weighted by molar-refractivity contribution is 6.23. The Morgan fingerprint density at radius 2 is 1.62 bits per heavy atom. The number of fused-ring (bicyclic) bond motifs is 4. The molecule has 2 unspecified atom stereocenters. The lowest BCUT2D eigenvalue weighted by atomic mass is 9.73.